The molecule has 7 N–H and O–H groups in total. The maximum atomic E-state index is 12.8. The van der Waals surface area contributed by atoms with Crippen LogP contribution in [0.25, 0.3) is 0 Å². The van der Waals surface area contributed by atoms with Crippen LogP contribution in [0.3, 0.4) is 0 Å². The average Bonchev–Trinajstić information content (AvgIpc) is 3.52. The van der Waals surface area contributed by atoms with Gasteiger partial charge in [-0.2, -0.15) is 0 Å². The summed E-state index contributed by atoms with van der Waals surface area (Å²) in [5, 5.41) is 41.2. The first-order valence-corrected chi connectivity index (χ1v) is 25.6. The second-order valence-electron chi connectivity index (χ2n) is 15.6. The van der Waals surface area contributed by atoms with Crippen LogP contribution in [-0.4, -0.2) is 104 Å². The molecule has 1 aliphatic carbocycles. The second-order valence-corrected chi connectivity index (χ2v) is 18.3. The van der Waals surface area contributed by atoms with E-state index in [0.29, 0.717) is 25.7 Å². The molecule has 1 fully saturated rings. The molecule has 18 heteroatoms. The van der Waals surface area contributed by atoms with Crippen molar-refractivity contribution in [2.45, 2.75) is 154 Å². The molecule has 16 nitrogen and oxygen atoms in total. The van der Waals surface area contributed by atoms with Crippen LogP contribution in [0.1, 0.15) is 123 Å². The van der Waals surface area contributed by atoms with Crippen molar-refractivity contribution in [3.63, 3.8) is 0 Å². The van der Waals surface area contributed by atoms with E-state index in [0.717, 1.165) is 44.9 Å². The smallest absolute Gasteiger partial charge is 0.462 e. The fraction of sp³-hybridized carbons (Fsp3) is 0.652. The number of carbonyl (C=O) groups excluding carboxylic acids is 2. The number of aliphatic hydroxyl groups is 4. The molecular formula is C46H76O16P2. The molecule has 0 radical (unpaired) electrons. The molecule has 0 aromatic heterocycles. The Morgan fingerprint density at radius 3 is 1.83 bits per heavy atom. The van der Waals surface area contributed by atoms with Gasteiger partial charge in [-0.3, -0.25) is 23.2 Å². The van der Waals surface area contributed by atoms with Gasteiger partial charge < -0.3 is 44.6 Å². The van der Waals surface area contributed by atoms with E-state index in [1.54, 1.807) is 18.2 Å². The second kappa shape index (κ2) is 36.3. The summed E-state index contributed by atoms with van der Waals surface area (Å²) in [6.45, 7) is 1.15. The highest BCUT2D eigenvalue weighted by Gasteiger charge is 2.39. The fourth-order valence-electron chi connectivity index (χ4n) is 6.36. The monoisotopic (exact) mass is 946 g/mol. The van der Waals surface area contributed by atoms with E-state index < -0.39 is 90.4 Å². The molecule has 1 aliphatic rings. The zero-order valence-corrected chi connectivity index (χ0v) is 39.5. The summed E-state index contributed by atoms with van der Waals surface area (Å²) in [5.41, 5.74) is 0. The quantitative estimate of drug-likeness (QED) is 0.0135. The lowest BCUT2D eigenvalue weighted by Gasteiger charge is -2.20. The third-order valence-electron chi connectivity index (χ3n) is 9.86. The number of aliphatic hydroxyl groups excluding tert-OH is 4. The van der Waals surface area contributed by atoms with Crippen LogP contribution in [0.15, 0.2) is 85.1 Å². The number of allylic oxidation sites excluding steroid dienone is 11. The molecule has 0 bridgehead atoms. The van der Waals surface area contributed by atoms with Crippen molar-refractivity contribution in [2.75, 3.05) is 26.4 Å². The van der Waals surface area contributed by atoms with Crippen molar-refractivity contribution < 1.29 is 76.9 Å². The van der Waals surface area contributed by atoms with Gasteiger partial charge in [0.15, 0.2) is 6.10 Å². The van der Waals surface area contributed by atoms with Gasteiger partial charge in [0.05, 0.1) is 44.6 Å². The van der Waals surface area contributed by atoms with E-state index in [-0.39, 0.29) is 25.2 Å². The van der Waals surface area contributed by atoms with Crippen LogP contribution in [0.5, 0.6) is 0 Å². The topological polar surface area (TPSA) is 256 Å². The molecule has 64 heavy (non-hydrogen) atoms. The number of rotatable bonds is 37. The molecule has 0 aromatic carbocycles. The highest BCUT2D eigenvalue weighted by atomic mass is 31.2. The number of hydrogen-bond acceptors (Lipinski definition) is 13. The van der Waals surface area contributed by atoms with Gasteiger partial charge in [0.1, 0.15) is 12.7 Å². The van der Waals surface area contributed by atoms with Crippen LogP contribution in [0, 0.1) is 11.8 Å². The Morgan fingerprint density at radius 2 is 1.22 bits per heavy atom. The van der Waals surface area contributed by atoms with Gasteiger partial charge >= 0.3 is 27.6 Å². The van der Waals surface area contributed by atoms with Gasteiger partial charge in [-0.05, 0) is 63.7 Å². The molecule has 0 spiro atoms. The SMILES string of the molecule is CCCCC/C=C\C/C=C\C/C=C\C/C=C\C/C=C\CCC(=O)OC[C@H](COP(=O)(O)OC[C@@H](O)COP(=O)(O)O)OC(=O)C/C=C\C[C@H]1[C@@H](/C=C/[C@H](O)CCCCC)[C@H](O)C[C@@H]1O. The third-order valence-corrected chi connectivity index (χ3v) is 11.3. The van der Waals surface area contributed by atoms with Crippen molar-refractivity contribution in [3.05, 3.63) is 85.1 Å². The molecule has 1 saturated carbocycles. The van der Waals surface area contributed by atoms with Crippen LogP contribution in [0.2, 0.25) is 0 Å². The predicted octanol–water partition coefficient (Wildman–Crippen LogP) is 7.94. The summed E-state index contributed by atoms with van der Waals surface area (Å²) in [6, 6.07) is 0. The third kappa shape index (κ3) is 32.8. The molecule has 366 valence electrons. The molecule has 0 amide bonds. The van der Waals surface area contributed by atoms with E-state index in [1.165, 1.54) is 25.3 Å². The first kappa shape index (κ1) is 59.2. The van der Waals surface area contributed by atoms with Crippen molar-refractivity contribution in [1.29, 1.82) is 0 Å². The van der Waals surface area contributed by atoms with Crippen molar-refractivity contribution >= 4 is 27.6 Å². The van der Waals surface area contributed by atoms with Crippen molar-refractivity contribution in [3.8, 4) is 0 Å². The lowest BCUT2D eigenvalue weighted by Crippen LogP contribution is -2.29. The van der Waals surface area contributed by atoms with Crippen LogP contribution >= 0.6 is 15.6 Å². The first-order valence-electron chi connectivity index (χ1n) is 22.5. The highest BCUT2D eigenvalue weighted by Crippen LogP contribution is 2.44. The standard InChI is InChI=1S/C46H76O16P2/c1-3-5-7-8-9-10-11-12-13-14-15-16-17-18-19-20-21-22-24-29-45(51)58-36-40(37-61-64(56,57)60-35-39(48)34-59-63(53,54)55)62-46(52)30-26-25-28-41-42(44(50)33-43(41)49)32-31-38(47)27-23-6-4-2/h9-10,12-13,15-16,18-19,21-22,25-26,31-32,38-44,47-50H,3-8,11,14,17,20,23-24,27-30,33-37H2,1-2H3,(H,56,57)(H2,53,54,55)/b10-9-,13-12-,16-15-,19-18-,22-21-,26-25-,32-31+/t38-,39+,40-,41+,42-,43+,44-/m1/s1. The maximum absolute atomic E-state index is 12.8. The molecule has 1 rings (SSSR count). The van der Waals surface area contributed by atoms with E-state index >= 15 is 0 Å². The summed E-state index contributed by atoms with van der Waals surface area (Å²) >= 11 is 0. The maximum Gasteiger partial charge on any atom is 0.472 e. The number of unbranched alkanes of at least 4 members (excludes halogenated alkanes) is 5. The Kier molecular flexibility index (Phi) is 33.6. The van der Waals surface area contributed by atoms with Crippen molar-refractivity contribution in [2.24, 2.45) is 11.8 Å². The number of ether oxygens (including phenoxy) is 2. The molecule has 0 aliphatic heterocycles. The lowest BCUT2D eigenvalue weighted by atomic mass is 9.89. The Morgan fingerprint density at radius 1 is 0.656 bits per heavy atom. The van der Waals surface area contributed by atoms with Gasteiger partial charge in [0.25, 0.3) is 0 Å². The minimum absolute atomic E-state index is 0.00126. The number of carbonyl (C=O) groups is 2. The molecule has 8 atom stereocenters. The normalized spacial score (nSPS) is 21.1. The van der Waals surface area contributed by atoms with E-state index in [9.17, 15) is 44.0 Å². The van der Waals surface area contributed by atoms with E-state index in [4.69, 9.17) is 23.8 Å². The minimum Gasteiger partial charge on any atom is -0.462 e. The van der Waals surface area contributed by atoms with Crippen LogP contribution in [0.4, 0.5) is 0 Å². The van der Waals surface area contributed by atoms with E-state index in [2.05, 4.69) is 65.4 Å². The first-order chi connectivity index (χ1) is 30.6. The van der Waals surface area contributed by atoms with Gasteiger partial charge in [-0.15, -0.1) is 0 Å². The van der Waals surface area contributed by atoms with E-state index in [1.807, 2.05) is 18.2 Å². The zero-order chi connectivity index (χ0) is 47.5. The number of phosphoric ester groups is 2. The Balaban J connectivity index is 2.66. The Bertz CT molecular complexity index is 1570. The van der Waals surface area contributed by atoms with Crippen LogP contribution in [-0.2, 0) is 41.8 Å². The minimum atomic E-state index is -4.92. The van der Waals surface area contributed by atoms with Gasteiger partial charge in [0, 0.05) is 18.8 Å². The van der Waals surface area contributed by atoms with Crippen LogP contribution < -0.4 is 0 Å². The molecule has 1 unspecified atom stereocenters. The highest BCUT2D eigenvalue weighted by molar-refractivity contribution is 7.47. The number of phosphoric acid groups is 2. The number of hydrogen-bond donors (Lipinski definition) is 7. The molecular weight excluding hydrogens is 870 g/mol. The van der Waals surface area contributed by atoms with Gasteiger partial charge in [0.2, 0.25) is 0 Å². The summed E-state index contributed by atoms with van der Waals surface area (Å²) < 4.78 is 47.7. The number of esters is 2. The largest absolute Gasteiger partial charge is 0.472 e. The molecule has 0 aromatic rings. The van der Waals surface area contributed by atoms with Crippen molar-refractivity contribution in [1.82, 2.24) is 0 Å². The zero-order valence-electron chi connectivity index (χ0n) is 37.7. The average molecular weight is 947 g/mol. The fourth-order valence-corrected chi connectivity index (χ4v) is 7.52. The summed E-state index contributed by atoms with van der Waals surface area (Å²) in [5.74, 6) is -2.20. The summed E-state index contributed by atoms with van der Waals surface area (Å²) in [4.78, 5) is 53.0. The molecule has 0 saturated heterocycles. The Hall–Kier alpha value is -2.82. The molecule has 0 heterocycles. The Labute approximate surface area is 380 Å². The van der Waals surface area contributed by atoms with Gasteiger partial charge in [-0.25, -0.2) is 9.13 Å². The van der Waals surface area contributed by atoms with Gasteiger partial charge in [-0.1, -0.05) is 131 Å². The predicted molar refractivity (Wildman–Crippen MR) is 245 cm³/mol. The lowest BCUT2D eigenvalue weighted by molar-refractivity contribution is -0.160. The summed E-state index contributed by atoms with van der Waals surface area (Å²) in [7, 11) is -9.84. The summed E-state index contributed by atoms with van der Waals surface area (Å²) in [6.07, 6.45) is 34.4.